The summed E-state index contributed by atoms with van der Waals surface area (Å²) < 4.78 is 2.04. The predicted molar refractivity (Wildman–Crippen MR) is 221 cm³/mol. The lowest BCUT2D eigenvalue weighted by Gasteiger charge is -2.30. The van der Waals surface area contributed by atoms with Gasteiger partial charge in [0.2, 0.25) is 23.6 Å². The Kier molecular flexibility index (Phi) is 11.1. The van der Waals surface area contributed by atoms with Gasteiger partial charge in [-0.25, -0.2) is 9.97 Å². The maximum absolute atomic E-state index is 13.9. The number of nitrogens with one attached hydrogen (secondary N) is 3. The van der Waals surface area contributed by atoms with E-state index in [9.17, 15) is 24.3 Å². The van der Waals surface area contributed by atoms with Gasteiger partial charge in [0.15, 0.2) is 4.96 Å². The van der Waals surface area contributed by atoms with E-state index in [4.69, 9.17) is 9.98 Å². The molecule has 0 saturated carbocycles. The van der Waals surface area contributed by atoms with Crippen LogP contribution in [0.15, 0.2) is 84.4 Å². The summed E-state index contributed by atoms with van der Waals surface area (Å²) in [4.78, 5) is 74.9. The molecule has 3 aliphatic rings. The summed E-state index contributed by atoms with van der Waals surface area (Å²) in [5.74, 6) is -0.538. The monoisotopic (exact) mass is 801 g/mol. The smallest absolute Gasteiger partial charge is 0.250 e. The van der Waals surface area contributed by atoms with Crippen LogP contribution in [-0.4, -0.2) is 95.4 Å². The van der Waals surface area contributed by atoms with Gasteiger partial charge >= 0.3 is 0 Å². The molecule has 15 heteroatoms. The highest BCUT2D eigenvalue weighted by atomic mass is 32.1. The summed E-state index contributed by atoms with van der Waals surface area (Å²) in [5, 5.41) is 14.8. The molecule has 2 saturated heterocycles. The van der Waals surface area contributed by atoms with Gasteiger partial charge in [0.1, 0.15) is 24.5 Å². The average molecular weight is 802 g/mol. The van der Waals surface area contributed by atoms with E-state index >= 15 is 0 Å². The zero-order chi connectivity index (χ0) is 40.5. The summed E-state index contributed by atoms with van der Waals surface area (Å²) in [7, 11) is 0. The number of hydrogen-bond donors (Lipinski definition) is 4. The van der Waals surface area contributed by atoms with Gasteiger partial charge in [-0.15, -0.1) is 0 Å². The second kappa shape index (κ2) is 16.5. The van der Waals surface area contributed by atoms with Crippen molar-refractivity contribution in [3.8, 4) is 21.7 Å². The molecule has 8 rings (SSSR count). The molecule has 0 spiro atoms. The number of allylic oxidation sites excluding steroid dienone is 1. The topological polar surface area (TPSA) is 177 Å². The molecule has 2 aromatic carbocycles. The summed E-state index contributed by atoms with van der Waals surface area (Å²) in [6.45, 7) is 5.71. The Morgan fingerprint density at radius 2 is 1.62 bits per heavy atom. The van der Waals surface area contributed by atoms with Crippen molar-refractivity contribution in [2.45, 2.75) is 77.0 Å². The number of nitrogens with zero attached hydrogens (tertiary/aromatic N) is 6. The van der Waals surface area contributed by atoms with Crippen molar-refractivity contribution in [2.75, 3.05) is 19.7 Å². The third-order valence-electron chi connectivity index (χ3n) is 11.2. The lowest BCUT2D eigenvalue weighted by Crippen LogP contribution is -2.51. The molecule has 4 atom stereocenters. The lowest BCUT2D eigenvalue weighted by molar-refractivity contribution is -0.139. The van der Waals surface area contributed by atoms with Crippen LogP contribution in [0, 0.1) is 5.92 Å². The van der Waals surface area contributed by atoms with Crippen molar-refractivity contribution < 1.29 is 24.3 Å². The number of aliphatic hydroxyl groups excluding tert-OH is 1. The third kappa shape index (κ3) is 7.83. The molecule has 4 amide bonds. The molecule has 0 aliphatic carbocycles. The minimum absolute atomic E-state index is 0.120. The number of aromatic amines is 1. The van der Waals surface area contributed by atoms with Gasteiger partial charge in [-0.2, -0.15) is 0 Å². The van der Waals surface area contributed by atoms with Crippen LogP contribution in [-0.2, 0) is 19.2 Å². The zero-order valence-electron chi connectivity index (χ0n) is 32.7. The predicted octanol–water partition coefficient (Wildman–Crippen LogP) is 5.30. The van der Waals surface area contributed by atoms with E-state index in [0.717, 1.165) is 74.9 Å². The molecule has 58 heavy (non-hydrogen) atoms. The number of carbonyl (C=O) groups is 4. The van der Waals surface area contributed by atoms with E-state index in [2.05, 4.69) is 51.1 Å². The van der Waals surface area contributed by atoms with Crippen molar-refractivity contribution in [2.24, 2.45) is 10.9 Å². The van der Waals surface area contributed by atoms with Crippen LogP contribution < -0.4 is 10.6 Å². The standard InChI is InChI=1S/C43H47N9O5S/c1-25(2)38(49-37(55)24-53)41(56)52-18-8-12-35(52)40-45-21-32(47-40)27-13-15-28(16-14-27)36-23-50-22-33(48-43(50)58-36)30-19-31(44-20-30)34-11-7-17-51(34)42(57)39(46-26(3)54)29-9-5-4-6-10-29/h4-6,9-10,13-16,20-23,25,34-35,38-39,53H,7-8,11-12,17-19,24H2,1-3H3,(H,45,47)(H,46,54)(H,49,55)/t34?,35-,38-,39?/m0/s1. The Bertz CT molecular complexity index is 2360. The van der Waals surface area contributed by atoms with E-state index < -0.39 is 24.6 Å². The second-order valence-electron chi connectivity index (χ2n) is 15.5. The van der Waals surface area contributed by atoms with Crippen molar-refractivity contribution in [3.05, 3.63) is 96.5 Å². The molecule has 4 N–H and O–H groups in total. The van der Waals surface area contributed by atoms with Gasteiger partial charge in [0, 0.05) is 56.3 Å². The van der Waals surface area contributed by atoms with Gasteiger partial charge in [-0.05, 0) is 48.3 Å². The fraction of sp³-hybridized carbons (Fsp3) is 0.372. The Morgan fingerprint density at radius 3 is 2.31 bits per heavy atom. The number of aliphatic hydroxyl groups is 1. The molecule has 0 radical (unpaired) electrons. The maximum atomic E-state index is 13.9. The van der Waals surface area contributed by atoms with Crippen LogP contribution in [0.5, 0.6) is 0 Å². The van der Waals surface area contributed by atoms with Gasteiger partial charge in [0.05, 0.1) is 34.5 Å². The van der Waals surface area contributed by atoms with Crippen LogP contribution in [0.25, 0.3) is 32.2 Å². The van der Waals surface area contributed by atoms with Crippen molar-refractivity contribution in [1.82, 2.24) is 39.8 Å². The first-order valence-electron chi connectivity index (χ1n) is 19.8. The normalized spacial score (nSPS) is 19.1. The first-order valence-corrected chi connectivity index (χ1v) is 20.6. The van der Waals surface area contributed by atoms with Gasteiger partial charge in [-0.3, -0.25) is 28.6 Å². The first-order chi connectivity index (χ1) is 28.1. The Labute approximate surface area is 340 Å². The van der Waals surface area contributed by atoms with Crippen LogP contribution in [0.1, 0.15) is 82.0 Å². The zero-order valence-corrected chi connectivity index (χ0v) is 33.5. The highest BCUT2D eigenvalue weighted by molar-refractivity contribution is 7.20. The number of H-pyrrole nitrogens is 1. The molecule has 3 aromatic heterocycles. The molecular formula is C43H47N9O5S. The van der Waals surface area contributed by atoms with Crippen molar-refractivity contribution >= 4 is 51.2 Å². The quantitative estimate of drug-likeness (QED) is 0.132. The SMILES string of the molecule is CC(=O)NC(C(=O)N1CCCC1C1=NC=C(c2cn3cc(-c4ccc(-c5cnc([C@@H]6CCCN6C(=O)[C@@H](NC(=O)CO)C(C)C)[nH]5)cc4)sc3n2)C1)c1ccccc1. The number of aromatic nitrogens is 4. The highest BCUT2D eigenvalue weighted by Gasteiger charge is 2.39. The number of carbonyl (C=O) groups excluding carboxylic acids is 4. The fourth-order valence-electron chi connectivity index (χ4n) is 8.26. The molecule has 5 aromatic rings. The maximum Gasteiger partial charge on any atom is 0.250 e. The van der Waals surface area contributed by atoms with E-state index in [1.165, 1.54) is 6.92 Å². The Hall–Kier alpha value is -5.93. The average Bonchev–Trinajstić information content (AvgIpc) is 4.08. The molecule has 0 bridgehead atoms. The number of benzene rings is 2. The minimum Gasteiger partial charge on any atom is -0.387 e. The van der Waals surface area contributed by atoms with Crippen molar-refractivity contribution in [3.63, 3.8) is 0 Å². The number of aliphatic imine (C=N–C) groups is 1. The van der Waals surface area contributed by atoms with E-state index in [-0.39, 0.29) is 35.7 Å². The highest BCUT2D eigenvalue weighted by Crippen LogP contribution is 2.36. The molecule has 14 nitrogen and oxygen atoms in total. The van der Waals surface area contributed by atoms with E-state index in [1.807, 2.05) is 65.9 Å². The number of likely N-dealkylation sites (tertiary alicyclic amines) is 2. The van der Waals surface area contributed by atoms with Crippen molar-refractivity contribution in [1.29, 1.82) is 0 Å². The van der Waals surface area contributed by atoms with E-state index in [1.54, 1.807) is 22.4 Å². The second-order valence-corrected chi connectivity index (χ2v) is 16.5. The molecular weight excluding hydrogens is 755 g/mol. The first kappa shape index (κ1) is 38.9. The molecule has 2 unspecified atom stereocenters. The molecule has 6 heterocycles. The largest absolute Gasteiger partial charge is 0.387 e. The number of hydrogen-bond acceptors (Lipinski definition) is 9. The summed E-state index contributed by atoms with van der Waals surface area (Å²) in [6, 6.07) is 15.8. The molecule has 300 valence electrons. The number of thiazole rings is 1. The summed E-state index contributed by atoms with van der Waals surface area (Å²) >= 11 is 1.60. The Balaban J connectivity index is 0.908. The third-order valence-corrected chi connectivity index (χ3v) is 12.3. The van der Waals surface area contributed by atoms with Crippen LogP contribution in [0.3, 0.4) is 0 Å². The van der Waals surface area contributed by atoms with E-state index in [0.29, 0.717) is 25.3 Å². The van der Waals surface area contributed by atoms with Crippen LogP contribution in [0.2, 0.25) is 0 Å². The molecule has 3 aliphatic heterocycles. The number of rotatable bonds is 12. The Morgan fingerprint density at radius 1 is 0.914 bits per heavy atom. The summed E-state index contributed by atoms with van der Waals surface area (Å²) in [5.41, 5.74) is 6.44. The number of imidazole rings is 2. The van der Waals surface area contributed by atoms with Gasteiger partial charge < -0.3 is 30.5 Å². The number of amides is 4. The minimum atomic E-state index is -0.746. The summed E-state index contributed by atoms with van der Waals surface area (Å²) in [6.07, 6.45) is 11.7. The fourth-order valence-corrected chi connectivity index (χ4v) is 9.24. The number of fused-ring (bicyclic) bond motifs is 1. The van der Waals surface area contributed by atoms with Crippen LogP contribution >= 0.6 is 11.3 Å². The molecule has 2 fully saturated rings. The van der Waals surface area contributed by atoms with Crippen LogP contribution in [0.4, 0.5) is 0 Å². The lowest BCUT2D eigenvalue weighted by atomic mass is 10.0. The van der Waals surface area contributed by atoms with Gasteiger partial charge in [0.25, 0.3) is 0 Å². The van der Waals surface area contributed by atoms with Gasteiger partial charge in [-0.1, -0.05) is 79.8 Å².